The van der Waals surface area contributed by atoms with Crippen molar-refractivity contribution in [3.8, 4) is 0 Å². The van der Waals surface area contributed by atoms with Crippen LogP contribution in [0, 0.1) is 20.8 Å². The van der Waals surface area contributed by atoms with Gasteiger partial charge in [-0.25, -0.2) is 4.31 Å². The minimum absolute atomic E-state index is 0.185. The van der Waals surface area contributed by atoms with Crippen LogP contribution < -0.4 is 9.62 Å². The Balaban J connectivity index is 2.59. The first-order valence-corrected chi connectivity index (χ1v) is 13.9. The number of carbonyl (C=O) groups excluding carboxylic acids is 2. The molecule has 0 saturated heterocycles. The van der Waals surface area contributed by atoms with Gasteiger partial charge in [-0.3, -0.25) is 9.59 Å². The summed E-state index contributed by atoms with van der Waals surface area (Å²) < 4.78 is 29.1. The van der Waals surface area contributed by atoms with Gasteiger partial charge in [0.15, 0.2) is 0 Å². The number of amides is 2. The monoisotopic (exact) mass is 530 g/mol. The first-order chi connectivity index (χ1) is 17.1. The fraction of sp³-hybridized carbons (Fsp3) is 0.500. The molecule has 0 fully saturated rings. The SMILES string of the molecule is CC[C@H](C(=O)NC(C)(C)C)N(Cc1ccccc1C)C(=O)CN(c1cc(C)ccc1C)S(=O)(=O)N(C)C. The molecule has 0 aromatic heterocycles. The van der Waals surface area contributed by atoms with Crippen molar-refractivity contribution in [3.05, 3.63) is 64.7 Å². The largest absolute Gasteiger partial charge is 0.350 e. The third kappa shape index (κ3) is 7.79. The molecule has 8 nitrogen and oxygen atoms in total. The Bertz CT molecular complexity index is 1220. The third-order valence-corrected chi connectivity index (χ3v) is 7.94. The fourth-order valence-electron chi connectivity index (χ4n) is 4.03. The van der Waals surface area contributed by atoms with Gasteiger partial charge in [-0.15, -0.1) is 0 Å². The molecule has 1 N–H and O–H groups in total. The van der Waals surface area contributed by atoms with Crippen LogP contribution in [0.4, 0.5) is 5.69 Å². The number of benzene rings is 2. The van der Waals surface area contributed by atoms with Gasteiger partial charge in [-0.05, 0) is 76.3 Å². The van der Waals surface area contributed by atoms with Crippen LogP contribution in [0.3, 0.4) is 0 Å². The van der Waals surface area contributed by atoms with Gasteiger partial charge in [0.2, 0.25) is 11.8 Å². The molecule has 9 heteroatoms. The van der Waals surface area contributed by atoms with Gasteiger partial charge in [-0.2, -0.15) is 12.7 Å². The summed E-state index contributed by atoms with van der Waals surface area (Å²) in [4.78, 5) is 28.8. The lowest BCUT2D eigenvalue weighted by Gasteiger charge is -2.35. The first kappa shape index (κ1) is 30.3. The van der Waals surface area contributed by atoms with E-state index in [0.29, 0.717) is 12.1 Å². The molecule has 37 heavy (non-hydrogen) atoms. The molecule has 0 aliphatic heterocycles. The highest BCUT2D eigenvalue weighted by Crippen LogP contribution is 2.26. The molecular formula is C28H42N4O4S. The quantitative estimate of drug-likeness (QED) is 0.504. The van der Waals surface area contributed by atoms with E-state index in [1.165, 1.54) is 19.0 Å². The summed E-state index contributed by atoms with van der Waals surface area (Å²) in [5.41, 5.74) is 3.43. The standard InChI is InChI=1S/C28H42N4O4S/c1-10-24(27(34)29-28(5,6)7)31(18-23-14-12-11-13-21(23)3)26(33)19-32(37(35,36)30(8)9)25-17-20(2)15-16-22(25)4/h11-17,24H,10,18-19H2,1-9H3,(H,29,34)/t24-/m1/s1. The van der Waals surface area contributed by atoms with E-state index in [2.05, 4.69) is 5.32 Å². The van der Waals surface area contributed by atoms with Crippen LogP contribution in [0.1, 0.15) is 56.4 Å². The molecule has 2 amide bonds. The van der Waals surface area contributed by atoms with Crippen molar-refractivity contribution >= 4 is 27.7 Å². The summed E-state index contributed by atoms with van der Waals surface area (Å²) >= 11 is 0. The average molecular weight is 531 g/mol. The Kier molecular flexibility index (Phi) is 9.91. The molecule has 0 unspecified atom stereocenters. The van der Waals surface area contributed by atoms with Crippen molar-refractivity contribution in [3.63, 3.8) is 0 Å². The average Bonchev–Trinajstić information content (AvgIpc) is 2.78. The zero-order chi connectivity index (χ0) is 28.1. The van der Waals surface area contributed by atoms with E-state index in [1.807, 2.05) is 84.9 Å². The molecule has 0 spiro atoms. The van der Waals surface area contributed by atoms with Crippen molar-refractivity contribution < 1.29 is 18.0 Å². The fourth-order valence-corrected chi connectivity index (χ4v) is 5.15. The Labute approximate surface area is 222 Å². The van der Waals surface area contributed by atoms with Crippen LogP contribution in [0.15, 0.2) is 42.5 Å². The van der Waals surface area contributed by atoms with E-state index in [1.54, 1.807) is 6.07 Å². The van der Waals surface area contributed by atoms with E-state index in [0.717, 1.165) is 30.9 Å². The van der Waals surface area contributed by atoms with Crippen LogP contribution in [0.25, 0.3) is 0 Å². The zero-order valence-corrected chi connectivity index (χ0v) is 24.4. The van der Waals surface area contributed by atoms with Gasteiger partial charge in [0, 0.05) is 26.2 Å². The number of aryl methyl sites for hydroxylation is 3. The highest BCUT2D eigenvalue weighted by molar-refractivity contribution is 7.90. The molecule has 2 rings (SSSR count). The topological polar surface area (TPSA) is 90.0 Å². The molecule has 2 aromatic carbocycles. The van der Waals surface area contributed by atoms with Gasteiger partial charge in [0.1, 0.15) is 12.6 Å². The van der Waals surface area contributed by atoms with E-state index in [-0.39, 0.29) is 12.5 Å². The predicted molar refractivity (Wildman–Crippen MR) is 150 cm³/mol. The molecular weight excluding hydrogens is 488 g/mol. The number of hydrogen-bond acceptors (Lipinski definition) is 4. The molecule has 0 aliphatic rings. The predicted octanol–water partition coefficient (Wildman–Crippen LogP) is 3.95. The number of nitrogens with zero attached hydrogens (tertiary/aromatic N) is 3. The Morgan fingerprint density at radius 3 is 2.14 bits per heavy atom. The van der Waals surface area contributed by atoms with Crippen molar-refractivity contribution in [1.29, 1.82) is 0 Å². The van der Waals surface area contributed by atoms with Gasteiger partial charge < -0.3 is 10.2 Å². The maximum Gasteiger partial charge on any atom is 0.304 e. The second-order valence-electron chi connectivity index (χ2n) is 10.7. The van der Waals surface area contributed by atoms with Crippen LogP contribution in [0.5, 0.6) is 0 Å². The Morgan fingerprint density at radius 1 is 0.973 bits per heavy atom. The molecule has 0 aliphatic carbocycles. The number of rotatable bonds is 10. The number of hydrogen-bond donors (Lipinski definition) is 1. The Hall–Kier alpha value is -2.91. The molecule has 2 aromatic rings. The molecule has 0 radical (unpaired) electrons. The van der Waals surface area contributed by atoms with Crippen LogP contribution in [0.2, 0.25) is 0 Å². The first-order valence-electron chi connectivity index (χ1n) is 12.5. The summed E-state index contributed by atoms with van der Waals surface area (Å²) in [5, 5.41) is 2.98. The molecule has 0 saturated carbocycles. The molecule has 0 heterocycles. The van der Waals surface area contributed by atoms with Gasteiger partial charge in [-0.1, -0.05) is 43.3 Å². The molecule has 204 valence electrons. The summed E-state index contributed by atoms with van der Waals surface area (Å²) in [5.74, 6) is -0.726. The number of nitrogens with one attached hydrogen (secondary N) is 1. The highest BCUT2D eigenvalue weighted by atomic mass is 32.2. The van der Waals surface area contributed by atoms with Gasteiger partial charge in [0.05, 0.1) is 5.69 Å². The zero-order valence-electron chi connectivity index (χ0n) is 23.6. The smallest absolute Gasteiger partial charge is 0.304 e. The summed E-state index contributed by atoms with van der Waals surface area (Å²) in [6.45, 7) is 12.9. The second-order valence-corrected chi connectivity index (χ2v) is 12.8. The lowest BCUT2D eigenvalue weighted by molar-refractivity contribution is -0.141. The summed E-state index contributed by atoms with van der Waals surface area (Å²) in [6, 6.07) is 12.4. The van der Waals surface area contributed by atoms with Crippen molar-refractivity contribution in [2.45, 2.75) is 73.0 Å². The molecule has 1 atom stereocenters. The van der Waals surface area contributed by atoms with Gasteiger partial charge >= 0.3 is 10.2 Å². The minimum Gasteiger partial charge on any atom is -0.350 e. The van der Waals surface area contributed by atoms with Crippen LogP contribution in [-0.2, 0) is 26.3 Å². The minimum atomic E-state index is -4.00. The van der Waals surface area contributed by atoms with Crippen molar-refractivity contribution in [2.24, 2.45) is 0 Å². The highest BCUT2D eigenvalue weighted by Gasteiger charge is 2.35. The summed E-state index contributed by atoms with van der Waals surface area (Å²) in [6.07, 6.45) is 0.378. The van der Waals surface area contributed by atoms with E-state index in [9.17, 15) is 18.0 Å². The van der Waals surface area contributed by atoms with Crippen molar-refractivity contribution in [2.75, 3.05) is 24.9 Å². The Morgan fingerprint density at radius 2 is 1.59 bits per heavy atom. The maximum absolute atomic E-state index is 14.0. The second kappa shape index (κ2) is 12.1. The molecule has 0 bridgehead atoms. The lowest BCUT2D eigenvalue weighted by Crippen LogP contribution is -2.55. The lowest BCUT2D eigenvalue weighted by atomic mass is 10.0. The summed E-state index contributed by atoms with van der Waals surface area (Å²) in [7, 11) is -1.13. The number of carbonyl (C=O) groups is 2. The maximum atomic E-state index is 14.0. The van der Waals surface area contributed by atoms with Gasteiger partial charge in [0.25, 0.3) is 0 Å². The van der Waals surface area contributed by atoms with E-state index in [4.69, 9.17) is 0 Å². The van der Waals surface area contributed by atoms with Crippen LogP contribution >= 0.6 is 0 Å². The van der Waals surface area contributed by atoms with Crippen molar-refractivity contribution in [1.82, 2.24) is 14.5 Å². The number of anilines is 1. The van der Waals surface area contributed by atoms with Crippen LogP contribution in [-0.4, -0.2) is 61.7 Å². The third-order valence-electron chi connectivity index (χ3n) is 6.14. The normalized spacial score (nSPS) is 12.8. The van der Waals surface area contributed by atoms with E-state index < -0.39 is 34.2 Å². The van der Waals surface area contributed by atoms with E-state index >= 15 is 0 Å².